The summed E-state index contributed by atoms with van der Waals surface area (Å²) < 4.78 is 32.4. The molecule has 1 aliphatic carbocycles. The number of hydrogen-bond donors (Lipinski definition) is 2. The molecule has 6 nitrogen and oxygen atoms in total. The number of esters is 1. The third-order valence-corrected chi connectivity index (χ3v) is 6.55. The molecule has 1 aromatic carbocycles. The summed E-state index contributed by atoms with van der Waals surface area (Å²) >= 11 is 0. The van der Waals surface area contributed by atoms with Crippen molar-refractivity contribution in [2.24, 2.45) is 5.92 Å². The average molecular weight is 384 g/mol. The number of nitrogens with one attached hydrogen (secondary N) is 1. The van der Waals surface area contributed by atoms with Gasteiger partial charge in [0.25, 0.3) is 0 Å². The molecular formula is C19H29NO5S. The first kappa shape index (κ1) is 20.9. The second-order valence-electron chi connectivity index (χ2n) is 6.88. The molecule has 0 saturated heterocycles. The third kappa shape index (κ3) is 6.07. The van der Waals surface area contributed by atoms with Gasteiger partial charge in [-0.3, -0.25) is 4.79 Å². The van der Waals surface area contributed by atoms with Gasteiger partial charge in [0, 0.05) is 18.4 Å². The number of carbonyl (C=O) groups excluding carboxylic acids is 1. The molecule has 0 aliphatic heterocycles. The maximum atomic E-state index is 12.5. The summed E-state index contributed by atoms with van der Waals surface area (Å²) in [4.78, 5) is 11.3. The molecule has 1 fully saturated rings. The van der Waals surface area contributed by atoms with Crippen molar-refractivity contribution in [3.63, 3.8) is 0 Å². The number of methoxy groups -OCH3 is 1. The molecule has 0 heterocycles. The van der Waals surface area contributed by atoms with Crippen molar-refractivity contribution < 1.29 is 23.1 Å². The minimum Gasteiger partial charge on any atom is -0.469 e. The molecule has 0 spiro atoms. The molecule has 2 N–H and O–H groups in total. The van der Waals surface area contributed by atoms with Gasteiger partial charge in [-0.05, 0) is 37.8 Å². The van der Waals surface area contributed by atoms with E-state index in [4.69, 9.17) is 0 Å². The van der Waals surface area contributed by atoms with Crippen LogP contribution in [0.3, 0.4) is 0 Å². The van der Waals surface area contributed by atoms with Crippen molar-refractivity contribution in [1.29, 1.82) is 0 Å². The normalized spacial score (nSPS) is 23.1. The Bertz CT molecular complexity index is 662. The van der Waals surface area contributed by atoms with E-state index in [0.717, 1.165) is 32.1 Å². The van der Waals surface area contributed by atoms with Crippen LogP contribution >= 0.6 is 0 Å². The SMILES string of the molecule is COC(=O)CCCCCC[C@@H]1[C@@H](NS(=O)(=O)c2ccccc2)CC[C@@H]1O. The molecule has 0 amide bonds. The highest BCUT2D eigenvalue weighted by Gasteiger charge is 2.36. The van der Waals surface area contributed by atoms with E-state index in [2.05, 4.69) is 9.46 Å². The summed E-state index contributed by atoms with van der Waals surface area (Å²) in [5, 5.41) is 10.2. The molecule has 0 unspecified atom stereocenters. The van der Waals surface area contributed by atoms with E-state index < -0.39 is 16.1 Å². The molecule has 0 radical (unpaired) electrons. The van der Waals surface area contributed by atoms with Gasteiger partial charge in [0.1, 0.15) is 0 Å². The largest absolute Gasteiger partial charge is 0.469 e. The minimum atomic E-state index is -3.56. The zero-order valence-electron chi connectivity index (χ0n) is 15.3. The van der Waals surface area contributed by atoms with E-state index in [-0.39, 0.29) is 22.8 Å². The lowest BCUT2D eigenvalue weighted by atomic mass is 9.94. The fraction of sp³-hybridized carbons (Fsp3) is 0.632. The van der Waals surface area contributed by atoms with Crippen LogP contribution in [0.4, 0.5) is 0 Å². The fourth-order valence-electron chi connectivity index (χ4n) is 3.56. The predicted molar refractivity (Wildman–Crippen MR) is 99.0 cm³/mol. The lowest BCUT2D eigenvalue weighted by molar-refractivity contribution is -0.140. The van der Waals surface area contributed by atoms with E-state index in [1.165, 1.54) is 7.11 Å². The van der Waals surface area contributed by atoms with Crippen LogP contribution in [0.2, 0.25) is 0 Å². The highest BCUT2D eigenvalue weighted by atomic mass is 32.2. The Morgan fingerprint density at radius 3 is 2.54 bits per heavy atom. The van der Waals surface area contributed by atoms with Crippen LogP contribution < -0.4 is 4.72 Å². The van der Waals surface area contributed by atoms with Crippen LogP contribution in [0.25, 0.3) is 0 Å². The summed E-state index contributed by atoms with van der Waals surface area (Å²) in [6, 6.07) is 8.09. The summed E-state index contributed by atoms with van der Waals surface area (Å²) in [5.41, 5.74) is 0. The first-order valence-electron chi connectivity index (χ1n) is 9.26. The fourth-order valence-corrected chi connectivity index (χ4v) is 4.90. The van der Waals surface area contributed by atoms with E-state index in [9.17, 15) is 18.3 Å². The van der Waals surface area contributed by atoms with Crippen LogP contribution in [0.15, 0.2) is 35.2 Å². The lowest BCUT2D eigenvalue weighted by Gasteiger charge is -2.23. The van der Waals surface area contributed by atoms with E-state index in [1.54, 1.807) is 30.3 Å². The molecular weight excluding hydrogens is 354 g/mol. The first-order valence-corrected chi connectivity index (χ1v) is 10.7. The Labute approximate surface area is 156 Å². The number of benzene rings is 1. The van der Waals surface area contributed by atoms with Gasteiger partial charge >= 0.3 is 5.97 Å². The van der Waals surface area contributed by atoms with Crippen molar-refractivity contribution >= 4 is 16.0 Å². The van der Waals surface area contributed by atoms with Crippen LogP contribution in [-0.4, -0.2) is 38.7 Å². The topological polar surface area (TPSA) is 92.7 Å². The van der Waals surface area contributed by atoms with Gasteiger partial charge < -0.3 is 9.84 Å². The van der Waals surface area contributed by atoms with Crippen molar-refractivity contribution in [1.82, 2.24) is 4.72 Å². The Morgan fingerprint density at radius 2 is 1.85 bits per heavy atom. The molecule has 2 rings (SSSR count). The Hall–Kier alpha value is -1.44. The summed E-state index contributed by atoms with van der Waals surface area (Å²) in [7, 11) is -2.17. The van der Waals surface area contributed by atoms with Gasteiger partial charge in [0.2, 0.25) is 10.0 Å². The number of sulfonamides is 1. The predicted octanol–water partition coefficient (Wildman–Crippen LogP) is 2.62. The Balaban J connectivity index is 1.81. The number of carbonyl (C=O) groups is 1. The second-order valence-corrected chi connectivity index (χ2v) is 8.59. The van der Waals surface area contributed by atoms with Crippen molar-refractivity contribution in [2.45, 2.75) is 68.4 Å². The lowest BCUT2D eigenvalue weighted by Crippen LogP contribution is -2.39. The molecule has 1 aromatic rings. The highest BCUT2D eigenvalue weighted by Crippen LogP contribution is 2.32. The molecule has 7 heteroatoms. The van der Waals surface area contributed by atoms with Gasteiger partial charge in [-0.1, -0.05) is 37.5 Å². The number of hydrogen-bond acceptors (Lipinski definition) is 5. The first-order chi connectivity index (χ1) is 12.4. The van der Waals surface area contributed by atoms with Crippen molar-refractivity contribution in [3.8, 4) is 0 Å². The Morgan fingerprint density at radius 1 is 1.15 bits per heavy atom. The maximum Gasteiger partial charge on any atom is 0.305 e. The summed E-state index contributed by atoms with van der Waals surface area (Å²) in [6.07, 6.45) is 5.61. The number of aliphatic hydroxyl groups excluding tert-OH is 1. The minimum absolute atomic E-state index is 0.0610. The smallest absolute Gasteiger partial charge is 0.305 e. The average Bonchev–Trinajstić information content (AvgIpc) is 2.97. The van der Waals surface area contributed by atoms with Crippen LogP contribution in [0.1, 0.15) is 51.4 Å². The molecule has 146 valence electrons. The number of ether oxygens (including phenoxy) is 1. The molecule has 1 aliphatic rings. The van der Waals surface area contributed by atoms with Crippen molar-refractivity contribution in [3.05, 3.63) is 30.3 Å². The van der Waals surface area contributed by atoms with E-state index in [0.29, 0.717) is 19.3 Å². The molecule has 26 heavy (non-hydrogen) atoms. The van der Waals surface area contributed by atoms with Gasteiger partial charge in [-0.25, -0.2) is 13.1 Å². The standard InChI is InChI=1S/C19H29NO5S/c1-25-19(22)12-8-3-2-7-11-16-17(13-14-18(16)21)20-26(23,24)15-9-5-4-6-10-15/h4-6,9-10,16-18,20-21H,2-3,7-8,11-14H2,1H3/t16-,17+,18+/m1/s1. The zero-order valence-corrected chi connectivity index (χ0v) is 16.1. The zero-order chi connectivity index (χ0) is 19.0. The van der Waals surface area contributed by atoms with Gasteiger partial charge in [0.15, 0.2) is 0 Å². The van der Waals surface area contributed by atoms with Crippen LogP contribution in [0, 0.1) is 5.92 Å². The van der Waals surface area contributed by atoms with Gasteiger partial charge in [-0.15, -0.1) is 0 Å². The van der Waals surface area contributed by atoms with E-state index >= 15 is 0 Å². The van der Waals surface area contributed by atoms with Crippen LogP contribution in [-0.2, 0) is 19.6 Å². The number of unbranched alkanes of at least 4 members (excludes halogenated alkanes) is 3. The summed E-state index contributed by atoms with van der Waals surface area (Å²) in [5.74, 6) is -0.249. The highest BCUT2D eigenvalue weighted by molar-refractivity contribution is 7.89. The molecule has 0 aromatic heterocycles. The molecule has 1 saturated carbocycles. The third-order valence-electron chi connectivity index (χ3n) is 5.04. The van der Waals surface area contributed by atoms with Crippen molar-refractivity contribution in [2.75, 3.05) is 7.11 Å². The van der Waals surface area contributed by atoms with Gasteiger partial charge in [0.05, 0.1) is 18.1 Å². The second kappa shape index (κ2) is 10.0. The summed E-state index contributed by atoms with van der Waals surface area (Å²) in [6.45, 7) is 0. The number of rotatable bonds is 10. The van der Waals surface area contributed by atoms with Crippen LogP contribution in [0.5, 0.6) is 0 Å². The van der Waals surface area contributed by atoms with Gasteiger partial charge in [-0.2, -0.15) is 0 Å². The monoisotopic (exact) mass is 383 g/mol. The molecule has 3 atom stereocenters. The Kier molecular flexibility index (Phi) is 8.06. The molecule has 0 bridgehead atoms. The quantitative estimate of drug-likeness (QED) is 0.479. The number of aliphatic hydroxyl groups is 1. The van der Waals surface area contributed by atoms with E-state index in [1.807, 2.05) is 0 Å². The maximum absolute atomic E-state index is 12.5.